The average Bonchev–Trinajstić information content (AvgIpc) is 3.10. The summed E-state index contributed by atoms with van der Waals surface area (Å²) >= 11 is 1.64. The molecule has 1 fully saturated rings. The van der Waals surface area contributed by atoms with E-state index in [1.807, 2.05) is 25.1 Å². The third kappa shape index (κ3) is 3.06. The topological polar surface area (TPSA) is 49.2 Å². The van der Waals surface area contributed by atoms with Crippen LogP contribution in [-0.2, 0) is 6.54 Å². The zero-order valence-electron chi connectivity index (χ0n) is 11.6. The molecule has 0 bridgehead atoms. The Morgan fingerprint density at radius 3 is 3.10 bits per heavy atom. The van der Waals surface area contributed by atoms with E-state index >= 15 is 0 Å². The molecule has 0 aromatic carbocycles. The van der Waals surface area contributed by atoms with E-state index in [1.165, 1.54) is 0 Å². The molecule has 3 heterocycles. The Labute approximate surface area is 123 Å². The molecule has 106 valence electrons. The number of hydrogen-bond donors (Lipinski definition) is 1. The van der Waals surface area contributed by atoms with Crippen molar-refractivity contribution in [2.24, 2.45) is 5.92 Å². The summed E-state index contributed by atoms with van der Waals surface area (Å²) in [4.78, 5) is 11.4. The number of nitrogens with zero attached hydrogens (tertiary/aromatic N) is 3. The van der Waals surface area contributed by atoms with Crippen LogP contribution in [0.2, 0.25) is 0 Å². The fourth-order valence-electron chi connectivity index (χ4n) is 2.62. The second-order valence-corrected chi connectivity index (χ2v) is 6.24. The van der Waals surface area contributed by atoms with Crippen LogP contribution >= 0.6 is 11.3 Å². The third-order valence-electron chi connectivity index (χ3n) is 3.81. The number of rotatable bonds is 4. The molecule has 4 nitrogen and oxygen atoms in total. The highest BCUT2D eigenvalue weighted by atomic mass is 32.1. The maximum Gasteiger partial charge on any atom is 0.142 e. The van der Waals surface area contributed by atoms with Crippen molar-refractivity contribution in [3.63, 3.8) is 0 Å². The lowest BCUT2D eigenvalue weighted by molar-refractivity contribution is 0.127. The number of aromatic nitrogens is 2. The number of aliphatic hydroxyl groups is 1. The second kappa shape index (κ2) is 5.99. The van der Waals surface area contributed by atoms with Crippen molar-refractivity contribution in [1.29, 1.82) is 0 Å². The zero-order chi connectivity index (χ0) is 13.9. The molecule has 1 saturated heterocycles. The van der Waals surface area contributed by atoms with Crippen LogP contribution in [0.25, 0.3) is 10.7 Å². The van der Waals surface area contributed by atoms with Crippen LogP contribution in [0.15, 0.2) is 29.8 Å². The van der Waals surface area contributed by atoms with Crippen LogP contribution in [0.1, 0.15) is 19.0 Å². The first-order valence-electron chi connectivity index (χ1n) is 6.98. The van der Waals surface area contributed by atoms with E-state index in [2.05, 4.69) is 20.2 Å². The highest BCUT2D eigenvalue weighted by Gasteiger charge is 2.26. The minimum atomic E-state index is -0.209. The van der Waals surface area contributed by atoms with Crippen molar-refractivity contribution in [3.8, 4) is 10.7 Å². The maximum absolute atomic E-state index is 9.64. The van der Waals surface area contributed by atoms with Gasteiger partial charge in [0.15, 0.2) is 0 Å². The summed E-state index contributed by atoms with van der Waals surface area (Å²) in [5.74, 6) is 0.406. The third-order valence-corrected chi connectivity index (χ3v) is 4.73. The van der Waals surface area contributed by atoms with Gasteiger partial charge in [-0.05, 0) is 37.9 Å². The van der Waals surface area contributed by atoms with Gasteiger partial charge in [0.2, 0.25) is 0 Å². The van der Waals surface area contributed by atoms with E-state index < -0.39 is 0 Å². The molecule has 2 aromatic rings. The molecular formula is C15H19N3OS. The van der Waals surface area contributed by atoms with E-state index in [4.69, 9.17) is 0 Å². The minimum absolute atomic E-state index is 0.209. The molecule has 2 aromatic heterocycles. The molecule has 0 saturated carbocycles. The summed E-state index contributed by atoms with van der Waals surface area (Å²) < 4.78 is 0. The lowest BCUT2D eigenvalue weighted by Gasteiger charge is -2.16. The van der Waals surface area contributed by atoms with Crippen LogP contribution in [0.4, 0.5) is 0 Å². The van der Waals surface area contributed by atoms with Crippen LogP contribution in [0.5, 0.6) is 0 Å². The smallest absolute Gasteiger partial charge is 0.142 e. The Kier molecular flexibility index (Phi) is 4.10. The quantitative estimate of drug-likeness (QED) is 0.939. The van der Waals surface area contributed by atoms with E-state index in [0.717, 1.165) is 42.5 Å². The van der Waals surface area contributed by atoms with Crippen molar-refractivity contribution >= 4 is 11.3 Å². The van der Waals surface area contributed by atoms with Gasteiger partial charge in [-0.25, -0.2) is 4.98 Å². The molecular weight excluding hydrogens is 270 g/mol. The number of hydrogen-bond acceptors (Lipinski definition) is 5. The highest BCUT2D eigenvalue weighted by molar-refractivity contribution is 7.13. The van der Waals surface area contributed by atoms with Gasteiger partial charge >= 0.3 is 0 Å². The molecule has 2 atom stereocenters. The lowest BCUT2D eigenvalue weighted by atomic mass is 10.0. The van der Waals surface area contributed by atoms with E-state index in [1.54, 1.807) is 17.5 Å². The number of aliphatic hydroxyl groups excluding tert-OH is 1. The summed E-state index contributed by atoms with van der Waals surface area (Å²) in [6.07, 6.45) is 2.67. The van der Waals surface area contributed by atoms with Crippen LogP contribution in [0, 0.1) is 5.92 Å². The molecule has 0 radical (unpaired) electrons. The minimum Gasteiger partial charge on any atom is -0.393 e. The van der Waals surface area contributed by atoms with Gasteiger partial charge < -0.3 is 5.11 Å². The van der Waals surface area contributed by atoms with Gasteiger partial charge in [-0.2, -0.15) is 0 Å². The Morgan fingerprint density at radius 2 is 2.40 bits per heavy atom. The first-order chi connectivity index (χ1) is 9.72. The SMILES string of the molecule is CC(O)C1CCN(Cc2csc(-c3ccccn3)n2)C1. The summed E-state index contributed by atoms with van der Waals surface area (Å²) in [5.41, 5.74) is 2.04. The predicted molar refractivity (Wildman–Crippen MR) is 80.4 cm³/mol. The highest BCUT2D eigenvalue weighted by Crippen LogP contribution is 2.25. The Bertz CT molecular complexity index is 555. The molecule has 5 heteroatoms. The normalized spacial score (nSPS) is 21.2. The van der Waals surface area contributed by atoms with Gasteiger partial charge in [0.1, 0.15) is 5.01 Å². The van der Waals surface area contributed by atoms with Crippen molar-refractivity contribution in [2.45, 2.75) is 26.0 Å². The summed E-state index contributed by atoms with van der Waals surface area (Å²) in [5, 5.41) is 12.7. The molecule has 0 spiro atoms. The van der Waals surface area contributed by atoms with E-state index in [-0.39, 0.29) is 6.10 Å². The van der Waals surface area contributed by atoms with Crippen LogP contribution in [0.3, 0.4) is 0 Å². The van der Waals surface area contributed by atoms with E-state index in [0.29, 0.717) is 5.92 Å². The van der Waals surface area contributed by atoms with Gasteiger partial charge in [0, 0.05) is 24.7 Å². The predicted octanol–water partition coefficient (Wildman–Crippen LogP) is 2.41. The fourth-order valence-corrected chi connectivity index (χ4v) is 3.40. The van der Waals surface area contributed by atoms with Crippen molar-refractivity contribution in [1.82, 2.24) is 14.9 Å². The molecule has 0 amide bonds. The molecule has 2 unspecified atom stereocenters. The lowest BCUT2D eigenvalue weighted by Crippen LogP contribution is -2.24. The standard InChI is InChI=1S/C15H19N3OS/c1-11(19)12-5-7-18(8-12)9-13-10-20-15(17-13)14-4-2-3-6-16-14/h2-4,6,10-12,19H,5,7-9H2,1H3. The monoisotopic (exact) mass is 289 g/mol. The van der Waals surface area contributed by atoms with Gasteiger partial charge in [0.25, 0.3) is 0 Å². The van der Waals surface area contributed by atoms with Gasteiger partial charge in [0.05, 0.1) is 17.5 Å². The van der Waals surface area contributed by atoms with E-state index in [9.17, 15) is 5.11 Å². The van der Waals surface area contributed by atoms with Crippen molar-refractivity contribution in [2.75, 3.05) is 13.1 Å². The number of pyridine rings is 1. The Morgan fingerprint density at radius 1 is 1.50 bits per heavy atom. The summed E-state index contributed by atoms with van der Waals surface area (Å²) in [6.45, 7) is 4.77. The first-order valence-corrected chi connectivity index (χ1v) is 7.86. The summed E-state index contributed by atoms with van der Waals surface area (Å²) in [7, 11) is 0. The zero-order valence-corrected chi connectivity index (χ0v) is 12.4. The number of thiazole rings is 1. The summed E-state index contributed by atoms with van der Waals surface area (Å²) in [6, 6.07) is 5.89. The molecule has 1 aliphatic heterocycles. The second-order valence-electron chi connectivity index (χ2n) is 5.38. The van der Waals surface area contributed by atoms with Crippen LogP contribution < -0.4 is 0 Å². The van der Waals surface area contributed by atoms with Gasteiger partial charge in [-0.3, -0.25) is 9.88 Å². The fraction of sp³-hybridized carbons (Fsp3) is 0.467. The Balaban J connectivity index is 1.64. The largest absolute Gasteiger partial charge is 0.393 e. The number of likely N-dealkylation sites (tertiary alicyclic amines) is 1. The van der Waals surface area contributed by atoms with Gasteiger partial charge in [-0.1, -0.05) is 6.07 Å². The van der Waals surface area contributed by atoms with Gasteiger partial charge in [-0.15, -0.1) is 11.3 Å². The molecule has 20 heavy (non-hydrogen) atoms. The molecule has 1 N–H and O–H groups in total. The van der Waals surface area contributed by atoms with Crippen molar-refractivity contribution in [3.05, 3.63) is 35.5 Å². The average molecular weight is 289 g/mol. The molecule has 0 aliphatic carbocycles. The first kappa shape index (κ1) is 13.7. The molecule has 3 rings (SSSR count). The molecule has 1 aliphatic rings. The van der Waals surface area contributed by atoms with Crippen LogP contribution in [-0.4, -0.2) is 39.2 Å². The maximum atomic E-state index is 9.64. The van der Waals surface area contributed by atoms with Crippen molar-refractivity contribution < 1.29 is 5.11 Å². The Hall–Kier alpha value is -1.30.